The molecule has 0 aliphatic carbocycles. The molecule has 0 aliphatic heterocycles. The smallest absolute Gasteiger partial charge is 0.266 e. The lowest BCUT2D eigenvalue weighted by Gasteiger charge is -2.12. The van der Waals surface area contributed by atoms with Crippen molar-refractivity contribution in [1.29, 1.82) is 5.26 Å². The van der Waals surface area contributed by atoms with Crippen LogP contribution >= 0.6 is 0 Å². The molecule has 4 aromatic rings. The minimum absolute atomic E-state index is 0.00490. The van der Waals surface area contributed by atoms with Gasteiger partial charge in [0.05, 0.1) is 28.2 Å². The molecule has 0 radical (unpaired) electrons. The number of hydrogen-bond acceptors (Lipinski definition) is 4. The number of phenols is 1. The van der Waals surface area contributed by atoms with Crippen molar-refractivity contribution < 1.29 is 5.11 Å². The standard InChI is InChI=1S/C23H15N3O2/c24-15-17-11-9-16(10-12-17)13-14-22-25-19-6-2-1-5-18(19)23(28)26(22)20-7-3-4-8-21(20)27/h1-14,27H/b14-13+. The van der Waals surface area contributed by atoms with Crippen molar-refractivity contribution >= 4 is 23.1 Å². The van der Waals surface area contributed by atoms with Gasteiger partial charge in [-0.15, -0.1) is 0 Å². The quantitative estimate of drug-likeness (QED) is 0.592. The van der Waals surface area contributed by atoms with E-state index in [9.17, 15) is 9.90 Å². The van der Waals surface area contributed by atoms with E-state index < -0.39 is 0 Å². The lowest BCUT2D eigenvalue weighted by atomic mass is 10.1. The molecule has 0 spiro atoms. The van der Waals surface area contributed by atoms with Crippen LogP contribution in [-0.2, 0) is 0 Å². The third kappa shape index (κ3) is 3.15. The molecule has 0 atom stereocenters. The summed E-state index contributed by atoms with van der Waals surface area (Å²) in [6.45, 7) is 0. The summed E-state index contributed by atoms with van der Waals surface area (Å²) in [6, 6.07) is 22.9. The van der Waals surface area contributed by atoms with E-state index in [1.165, 1.54) is 10.6 Å². The van der Waals surface area contributed by atoms with E-state index in [1.807, 2.05) is 24.3 Å². The first-order valence-electron chi connectivity index (χ1n) is 8.66. The molecule has 28 heavy (non-hydrogen) atoms. The van der Waals surface area contributed by atoms with Gasteiger partial charge in [-0.25, -0.2) is 4.98 Å². The summed E-state index contributed by atoms with van der Waals surface area (Å²) >= 11 is 0. The Labute approximate surface area is 161 Å². The highest BCUT2D eigenvalue weighted by Gasteiger charge is 2.13. The Morgan fingerprint density at radius 1 is 0.929 bits per heavy atom. The predicted octanol–water partition coefficient (Wildman–Crippen LogP) is 4.13. The summed E-state index contributed by atoms with van der Waals surface area (Å²) in [5, 5.41) is 19.7. The number of phenolic OH excluding ortho intramolecular Hbond substituents is 1. The van der Waals surface area contributed by atoms with Gasteiger partial charge >= 0.3 is 0 Å². The Hall–Kier alpha value is -4.17. The Morgan fingerprint density at radius 3 is 2.39 bits per heavy atom. The zero-order chi connectivity index (χ0) is 19.5. The molecule has 3 aromatic carbocycles. The van der Waals surface area contributed by atoms with Crippen LogP contribution in [0.5, 0.6) is 5.75 Å². The predicted molar refractivity (Wildman–Crippen MR) is 109 cm³/mol. The van der Waals surface area contributed by atoms with Crippen molar-refractivity contribution in [1.82, 2.24) is 9.55 Å². The second kappa shape index (κ2) is 7.22. The summed E-state index contributed by atoms with van der Waals surface area (Å²) < 4.78 is 1.40. The second-order valence-electron chi connectivity index (χ2n) is 6.18. The van der Waals surface area contributed by atoms with Crippen LogP contribution in [0.2, 0.25) is 0 Å². The monoisotopic (exact) mass is 365 g/mol. The lowest BCUT2D eigenvalue weighted by molar-refractivity contribution is 0.471. The van der Waals surface area contributed by atoms with E-state index in [0.29, 0.717) is 28.0 Å². The van der Waals surface area contributed by atoms with Crippen LogP contribution in [-0.4, -0.2) is 14.7 Å². The number of hydrogen-bond donors (Lipinski definition) is 1. The maximum Gasteiger partial charge on any atom is 0.266 e. The van der Waals surface area contributed by atoms with E-state index in [1.54, 1.807) is 54.6 Å². The lowest BCUT2D eigenvalue weighted by Crippen LogP contribution is -2.22. The van der Waals surface area contributed by atoms with Gasteiger partial charge in [0.1, 0.15) is 11.6 Å². The molecule has 1 N–H and O–H groups in total. The molecule has 0 fully saturated rings. The fraction of sp³-hybridized carbons (Fsp3) is 0. The average Bonchev–Trinajstić information content (AvgIpc) is 2.73. The molecule has 0 amide bonds. The van der Waals surface area contributed by atoms with E-state index in [4.69, 9.17) is 5.26 Å². The first-order chi connectivity index (χ1) is 13.7. The van der Waals surface area contributed by atoms with Gasteiger partial charge in [0.25, 0.3) is 5.56 Å². The molecule has 1 aromatic heterocycles. The Morgan fingerprint density at radius 2 is 1.64 bits per heavy atom. The van der Waals surface area contributed by atoms with Crippen LogP contribution in [0.4, 0.5) is 0 Å². The summed E-state index contributed by atoms with van der Waals surface area (Å²) in [5.41, 5.74) is 2.13. The summed E-state index contributed by atoms with van der Waals surface area (Å²) in [7, 11) is 0. The highest BCUT2D eigenvalue weighted by atomic mass is 16.3. The fourth-order valence-electron chi connectivity index (χ4n) is 2.99. The first-order valence-corrected chi connectivity index (χ1v) is 8.66. The minimum atomic E-state index is -0.258. The first kappa shape index (κ1) is 17.3. The van der Waals surface area contributed by atoms with E-state index >= 15 is 0 Å². The number of fused-ring (bicyclic) bond motifs is 1. The largest absolute Gasteiger partial charge is 0.506 e. The molecule has 5 nitrogen and oxygen atoms in total. The van der Waals surface area contributed by atoms with E-state index in [2.05, 4.69) is 11.1 Å². The number of benzene rings is 3. The second-order valence-corrected chi connectivity index (χ2v) is 6.18. The number of para-hydroxylation sites is 3. The molecule has 1 heterocycles. The Kier molecular flexibility index (Phi) is 4.45. The average molecular weight is 365 g/mol. The number of rotatable bonds is 3. The van der Waals surface area contributed by atoms with Gasteiger partial charge in [-0.2, -0.15) is 5.26 Å². The molecule has 0 unspecified atom stereocenters. The van der Waals surface area contributed by atoms with Crippen LogP contribution in [0.3, 0.4) is 0 Å². The maximum atomic E-state index is 13.1. The van der Waals surface area contributed by atoms with Gasteiger partial charge < -0.3 is 5.11 Å². The molecule has 4 rings (SSSR count). The van der Waals surface area contributed by atoms with E-state index in [-0.39, 0.29) is 11.3 Å². The third-order valence-corrected chi connectivity index (χ3v) is 4.39. The highest BCUT2D eigenvalue weighted by molar-refractivity contribution is 5.80. The summed E-state index contributed by atoms with van der Waals surface area (Å²) in [5.74, 6) is 0.393. The normalized spacial score (nSPS) is 11.0. The molecular formula is C23H15N3O2. The number of nitriles is 1. The summed E-state index contributed by atoms with van der Waals surface area (Å²) in [4.78, 5) is 17.8. The number of nitrogens with zero attached hydrogens (tertiary/aromatic N) is 3. The SMILES string of the molecule is N#Cc1ccc(/C=C/c2nc3ccccc3c(=O)n2-c2ccccc2O)cc1. The maximum absolute atomic E-state index is 13.1. The van der Waals surface area contributed by atoms with Gasteiger partial charge in [0, 0.05) is 0 Å². The number of aromatic hydroxyl groups is 1. The summed E-state index contributed by atoms with van der Waals surface area (Å²) in [6.07, 6.45) is 3.54. The molecule has 0 bridgehead atoms. The van der Waals surface area contributed by atoms with Gasteiger partial charge in [0.2, 0.25) is 0 Å². The molecule has 0 saturated heterocycles. The molecule has 5 heteroatoms. The van der Waals surface area contributed by atoms with Crippen molar-refractivity contribution in [2.75, 3.05) is 0 Å². The van der Waals surface area contributed by atoms with Crippen molar-refractivity contribution in [3.8, 4) is 17.5 Å². The van der Waals surface area contributed by atoms with Gasteiger partial charge in [-0.05, 0) is 48.0 Å². The Bertz CT molecular complexity index is 1300. The third-order valence-electron chi connectivity index (χ3n) is 4.39. The topological polar surface area (TPSA) is 78.9 Å². The fourth-order valence-corrected chi connectivity index (χ4v) is 2.99. The molecule has 0 saturated carbocycles. The van der Waals surface area contributed by atoms with Crippen LogP contribution in [0.15, 0.2) is 77.6 Å². The van der Waals surface area contributed by atoms with Crippen LogP contribution in [0.1, 0.15) is 17.0 Å². The van der Waals surface area contributed by atoms with Gasteiger partial charge in [-0.1, -0.05) is 42.5 Å². The van der Waals surface area contributed by atoms with Crippen molar-refractivity contribution in [3.63, 3.8) is 0 Å². The van der Waals surface area contributed by atoms with E-state index in [0.717, 1.165) is 5.56 Å². The van der Waals surface area contributed by atoms with Gasteiger partial charge in [-0.3, -0.25) is 9.36 Å². The molecule has 134 valence electrons. The van der Waals surface area contributed by atoms with Crippen LogP contribution in [0, 0.1) is 11.3 Å². The minimum Gasteiger partial charge on any atom is -0.506 e. The molecular weight excluding hydrogens is 350 g/mol. The van der Waals surface area contributed by atoms with Gasteiger partial charge in [0.15, 0.2) is 0 Å². The van der Waals surface area contributed by atoms with Crippen molar-refractivity contribution in [3.05, 3.63) is 100 Å². The zero-order valence-corrected chi connectivity index (χ0v) is 14.8. The number of aromatic nitrogens is 2. The van der Waals surface area contributed by atoms with Crippen LogP contribution < -0.4 is 5.56 Å². The van der Waals surface area contributed by atoms with Crippen molar-refractivity contribution in [2.24, 2.45) is 0 Å². The Balaban J connectivity index is 1.92. The van der Waals surface area contributed by atoms with Crippen molar-refractivity contribution in [2.45, 2.75) is 0 Å². The van der Waals surface area contributed by atoms with Crippen LogP contribution in [0.25, 0.3) is 28.7 Å². The highest BCUT2D eigenvalue weighted by Crippen LogP contribution is 2.22. The zero-order valence-electron chi connectivity index (χ0n) is 14.8. The molecule has 0 aliphatic rings.